The number of carbonyl (C=O) groups excluding carboxylic acids is 1. The van der Waals surface area contributed by atoms with Crippen LogP contribution >= 0.6 is 11.6 Å². The molecule has 0 fully saturated rings. The van der Waals surface area contributed by atoms with Crippen LogP contribution in [0.15, 0.2) is 29.4 Å². The number of nitrogens with zero attached hydrogens (tertiary/aromatic N) is 1. The first-order valence-electron chi connectivity index (χ1n) is 6.05. The number of rotatable bonds is 6. The average Bonchev–Trinajstić information content (AvgIpc) is 2.40. The predicted octanol–water partition coefficient (Wildman–Crippen LogP) is 1.91. The molecule has 19 heavy (non-hydrogen) atoms. The quantitative estimate of drug-likeness (QED) is 0.322. The molecular formula is C13H18ClN3O2. The van der Waals surface area contributed by atoms with E-state index in [4.69, 9.17) is 22.5 Å². The summed E-state index contributed by atoms with van der Waals surface area (Å²) in [5.74, 6) is 0.0126. The molecule has 0 aliphatic rings. The van der Waals surface area contributed by atoms with Crippen molar-refractivity contribution >= 4 is 23.3 Å². The summed E-state index contributed by atoms with van der Waals surface area (Å²) in [6.07, 6.45) is 1.33. The van der Waals surface area contributed by atoms with Crippen LogP contribution in [-0.4, -0.2) is 23.0 Å². The molecule has 4 N–H and O–H groups in total. The van der Waals surface area contributed by atoms with E-state index < -0.39 is 0 Å². The van der Waals surface area contributed by atoms with E-state index in [0.717, 1.165) is 5.56 Å². The SMILES string of the molecule is CCC(CC(N)=NO)NC(=O)Cc1ccc(Cl)cc1. The molecule has 0 aliphatic heterocycles. The molecule has 1 amide bonds. The van der Waals surface area contributed by atoms with E-state index in [1.54, 1.807) is 12.1 Å². The Morgan fingerprint density at radius 3 is 2.63 bits per heavy atom. The lowest BCUT2D eigenvalue weighted by Crippen LogP contribution is -2.38. The lowest BCUT2D eigenvalue weighted by Gasteiger charge is -2.16. The third-order valence-electron chi connectivity index (χ3n) is 2.72. The van der Waals surface area contributed by atoms with Gasteiger partial charge in [-0.2, -0.15) is 0 Å². The van der Waals surface area contributed by atoms with Gasteiger partial charge in [-0.1, -0.05) is 35.8 Å². The monoisotopic (exact) mass is 283 g/mol. The number of nitrogens with one attached hydrogen (secondary N) is 1. The van der Waals surface area contributed by atoms with E-state index in [1.165, 1.54) is 0 Å². The zero-order chi connectivity index (χ0) is 14.3. The summed E-state index contributed by atoms with van der Waals surface area (Å²) in [6, 6.07) is 6.99. The molecule has 1 aromatic carbocycles. The molecule has 5 nitrogen and oxygen atoms in total. The summed E-state index contributed by atoms with van der Waals surface area (Å²) < 4.78 is 0. The first-order chi connectivity index (χ1) is 9.05. The minimum atomic E-state index is -0.129. The second-order valence-corrected chi connectivity index (χ2v) is 4.71. The highest BCUT2D eigenvalue weighted by atomic mass is 35.5. The number of halogens is 1. The van der Waals surface area contributed by atoms with Crippen LogP contribution in [0.4, 0.5) is 0 Å². The molecule has 6 heteroatoms. The zero-order valence-electron chi connectivity index (χ0n) is 10.8. The molecule has 1 aromatic rings. The Kier molecular flexibility index (Phi) is 6.15. The number of amidine groups is 1. The van der Waals surface area contributed by atoms with Crippen molar-refractivity contribution in [1.82, 2.24) is 5.32 Å². The second-order valence-electron chi connectivity index (χ2n) is 4.27. The van der Waals surface area contributed by atoms with Gasteiger partial charge in [0.1, 0.15) is 5.84 Å². The topological polar surface area (TPSA) is 87.7 Å². The molecule has 1 unspecified atom stereocenters. The Bertz CT molecular complexity index is 446. The van der Waals surface area contributed by atoms with Crippen molar-refractivity contribution in [1.29, 1.82) is 0 Å². The maximum absolute atomic E-state index is 11.8. The predicted molar refractivity (Wildman–Crippen MR) is 75.4 cm³/mol. The third kappa shape index (κ3) is 5.61. The zero-order valence-corrected chi connectivity index (χ0v) is 11.5. The summed E-state index contributed by atoms with van der Waals surface area (Å²) in [5, 5.41) is 14.9. The maximum Gasteiger partial charge on any atom is 0.224 e. The smallest absolute Gasteiger partial charge is 0.224 e. The third-order valence-corrected chi connectivity index (χ3v) is 2.97. The maximum atomic E-state index is 11.8. The van der Waals surface area contributed by atoms with Crippen LogP contribution in [0.25, 0.3) is 0 Å². The normalized spacial score (nSPS) is 13.1. The Morgan fingerprint density at radius 2 is 2.11 bits per heavy atom. The second kappa shape index (κ2) is 7.63. The van der Waals surface area contributed by atoms with Crippen LogP contribution in [0.1, 0.15) is 25.3 Å². The van der Waals surface area contributed by atoms with Gasteiger partial charge in [0.15, 0.2) is 0 Å². The lowest BCUT2D eigenvalue weighted by atomic mass is 10.1. The fourth-order valence-electron chi connectivity index (χ4n) is 1.66. The molecule has 0 radical (unpaired) electrons. The number of amides is 1. The minimum absolute atomic E-state index is 0.0973. The van der Waals surface area contributed by atoms with Gasteiger partial charge in [-0.15, -0.1) is 0 Å². The van der Waals surface area contributed by atoms with Gasteiger partial charge in [0.2, 0.25) is 5.91 Å². The van der Waals surface area contributed by atoms with E-state index >= 15 is 0 Å². The van der Waals surface area contributed by atoms with Crippen molar-refractivity contribution in [3.8, 4) is 0 Å². The molecule has 104 valence electrons. The standard InChI is InChI=1S/C13H18ClN3O2/c1-2-11(8-12(15)17-19)16-13(18)7-9-3-5-10(14)6-4-9/h3-6,11,19H,2,7-8H2,1H3,(H2,15,17)(H,16,18). The van der Waals surface area contributed by atoms with Crippen molar-refractivity contribution in [3.63, 3.8) is 0 Å². The van der Waals surface area contributed by atoms with Gasteiger partial charge in [-0.3, -0.25) is 4.79 Å². The highest BCUT2D eigenvalue weighted by molar-refractivity contribution is 6.30. The van der Waals surface area contributed by atoms with Crippen molar-refractivity contribution in [3.05, 3.63) is 34.9 Å². The first kappa shape index (κ1) is 15.3. The van der Waals surface area contributed by atoms with E-state index in [1.807, 2.05) is 19.1 Å². The molecule has 0 bridgehead atoms. The fraction of sp³-hybridized carbons (Fsp3) is 0.385. The van der Waals surface area contributed by atoms with E-state index in [9.17, 15) is 4.79 Å². The summed E-state index contributed by atoms with van der Waals surface area (Å²) in [5.41, 5.74) is 6.32. The Balaban J connectivity index is 2.51. The molecule has 0 heterocycles. The van der Waals surface area contributed by atoms with Gasteiger partial charge in [0, 0.05) is 17.5 Å². The average molecular weight is 284 g/mol. The van der Waals surface area contributed by atoms with Crippen LogP contribution in [0, 0.1) is 0 Å². The van der Waals surface area contributed by atoms with Gasteiger partial charge in [0.05, 0.1) is 6.42 Å². The molecule has 0 aliphatic carbocycles. The number of nitrogens with two attached hydrogens (primary N) is 1. The summed E-state index contributed by atoms with van der Waals surface area (Å²) >= 11 is 5.78. The summed E-state index contributed by atoms with van der Waals surface area (Å²) in [7, 11) is 0. The molecule has 0 saturated carbocycles. The van der Waals surface area contributed by atoms with E-state index in [0.29, 0.717) is 17.9 Å². The number of hydrogen-bond acceptors (Lipinski definition) is 3. The number of oxime groups is 1. The molecule has 0 aromatic heterocycles. The number of carbonyl (C=O) groups is 1. The molecule has 1 rings (SSSR count). The van der Waals surface area contributed by atoms with Gasteiger partial charge >= 0.3 is 0 Å². The van der Waals surface area contributed by atoms with Crippen LogP contribution in [-0.2, 0) is 11.2 Å². The summed E-state index contributed by atoms with van der Waals surface area (Å²) in [4.78, 5) is 11.8. The van der Waals surface area contributed by atoms with Gasteiger partial charge in [-0.25, -0.2) is 0 Å². The van der Waals surface area contributed by atoms with Gasteiger partial charge in [-0.05, 0) is 24.1 Å². The van der Waals surface area contributed by atoms with Crippen molar-refractivity contribution in [2.45, 2.75) is 32.2 Å². The first-order valence-corrected chi connectivity index (χ1v) is 6.43. The highest BCUT2D eigenvalue weighted by Crippen LogP contribution is 2.10. The van der Waals surface area contributed by atoms with Crippen LogP contribution in [0.2, 0.25) is 5.02 Å². The Morgan fingerprint density at radius 1 is 1.47 bits per heavy atom. The van der Waals surface area contributed by atoms with E-state index in [2.05, 4.69) is 10.5 Å². The van der Waals surface area contributed by atoms with Crippen LogP contribution < -0.4 is 11.1 Å². The number of benzene rings is 1. The number of hydrogen-bond donors (Lipinski definition) is 3. The fourth-order valence-corrected chi connectivity index (χ4v) is 1.78. The summed E-state index contributed by atoms with van der Waals surface area (Å²) in [6.45, 7) is 1.93. The molecule has 0 spiro atoms. The van der Waals surface area contributed by atoms with Gasteiger partial charge in [0.25, 0.3) is 0 Å². The largest absolute Gasteiger partial charge is 0.409 e. The molecule has 1 atom stereocenters. The highest BCUT2D eigenvalue weighted by Gasteiger charge is 2.12. The van der Waals surface area contributed by atoms with Crippen LogP contribution in [0.5, 0.6) is 0 Å². The van der Waals surface area contributed by atoms with E-state index in [-0.39, 0.29) is 24.2 Å². The van der Waals surface area contributed by atoms with Crippen molar-refractivity contribution < 1.29 is 10.0 Å². The Hall–Kier alpha value is -1.75. The Labute approximate surface area is 117 Å². The van der Waals surface area contributed by atoms with Crippen molar-refractivity contribution in [2.24, 2.45) is 10.9 Å². The molecular weight excluding hydrogens is 266 g/mol. The molecule has 0 saturated heterocycles. The lowest BCUT2D eigenvalue weighted by molar-refractivity contribution is -0.121. The van der Waals surface area contributed by atoms with Crippen LogP contribution in [0.3, 0.4) is 0 Å². The van der Waals surface area contributed by atoms with Crippen molar-refractivity contribution in [2.75, 3.05) is 0 Å². The minimum Gasteiger partial charge on any atom is -0.409 e. The van der Waals surface area contributed by atoms with Gasteiger partial charge < -0.3 is 16.3 Å².